The van der Waals surface area contributed by atoms with Crippen molar-refractivity contribution in [2.45, 2.75) is 25.9 Å². The van der Waals surface area contributed by atoms with E-state index >= 15 is 0 Å². The molecule has 3 rings (SSSR count). The molecule has 1 N–H and O–H groups in total. The minimum Gasteiger partial charge on any atom is -0.323 e. The van der Waals surface area contributed by atoms with E-state index in [9.17, 15) is 0 Å². The summed E-state index contributed by atoms with van der Waals surface area (Å²) in [6.07, 6.45) is 2.99. The molecule has 98 valence electrons. The van der Waals surface area contributed by atoms with Crippen molar-refractivity contribution >= 4 is 11.5 Å². The fourth-order valence-corrected chi connectivity index (χ4v) is 2.82. The highest BCUT2D eigenvalue weighted by molar-refractivity contribution is 5.69. The average molecular weight is 253 g/mol. The molecule has 1 aromatic heterocycles. The molecule has 2 aromatic rings. The quantitative estimate of drug-likeness (QED) is 0.911. The second kappa shape index (κ2) is 5.02. The molecule has 1 aliphatic heterocycles. The zero-order valence-electron chi connectivity index (χ0n) is 11.4. The lowest BCUT2D eigenvalue weighted by Gasteiger charge is -2.24. The van der Waals surface area contributed by atoms with Crippen LogP contribution in [0, 0.1) is 0 Å². The molecule has 0 bridgehead atoms. The van der Waals surface area contributed by atoms with Crippen LogP contribution in [0.1, 0.15) is 18.1 Å². The van der Waals surface area contributed by atoms with Crippen molar-refractivity contribution in [1.82, 2.24) is 10.3 Å². The van der Waals surface area contributed by atoms with Gasteiger partial charge in [0.05, 0.1) is 0 Å². The molecule has 1 aliphatic rings. The van der Waals surface area contributed by atoms with Crippen molar-refractivity contribution in [3.8, 4) is 0 Å². The topological polar surface area (TPSA) is 28.2 Å². The van der Waals surface area contributed by atoms with Crippen LogP contribution in [0.4, 0.5) is 11.5 Å². The summed E-state index contributed by atoms with van der Waals surface area (Å²) < 4.78 is 0. The number of anilines is 2. The number of aromatic nitrogens is 1. The van der Waals surface area contributed by atoms with E-state index < -0.39 is 0 Å². The third-order valence-corrected chi connectivity index (χ3v) is 3.64. The number of para-hydroxylation sites is 1. The lowest BCUT2D eigenvalue weighted by atomic mass is 10.1. The number of rotatable bonds is 3. The Morgan fingerprint density at radius 2 is 2.16 bits per heavy atom. The molecule has 0 saturated carbocycles. The normalized spacial score (nSPS) is 17.6. The second-order valence-electron chi connectivity index (χ2n) is 5.10. The molecule has 0 radical (unpaired) electrons. The zero-order valence-corrected chi connectivity index (χ0v) is 11.4. The predicted octanol–water partition coefficient (Wildman–Crippen LogP) is 2.88. The van der Waals surface area contributed by atoms with Gasteiger partial charge in [-0.05, 0) is 49.7 Å². The van der Waals surface area contributed by atoms with E-state index in [-0.39, 0.29) is 0 Å². The van der Waals surface area contributed by atoms with E-state index in [2.05, 4.69) is 58.5 Å². The maximum Gasteiger partial charge on any atom is 0.133 e. The van der Waals surface area contributed by atoms with Gasteiger partial charge in [-0.15, -0.1) is 0 Å². The van der Waals surface area contributed by atoms with Crippen LogP contribution in [0.2, 0.25) is 0 Å². The minimum absolute atomic E-state index is 0.467. The lowest BCUT2D eigenvalue weighted by Crippen LogP contribution is -2.25. The zero-order chi connectivity index (χ0) is 13.2. The highest BCUT2D eigenvalue weighted by Crippen LogP contribution is 2.37. The Morgan fingerprint density at radius 3 is 3.00 bits per heavy atom. The Hall–Kier alpha value is -1.87. The van der Waals surface area contributed by atoms with Crippen molar-refractivity contribution in [2.24, 2.45) is 0 Å². The molecule has 1 unspecified atom stereocenters. The molecular weight excluding hydrogens is 234 g/mol. The maximum atomic E-state index is 4.55. The molecule has 2 heterocycles. The number of fused-ring (bicyclic) bond motifs is 1. The van der Waals surface area contributed by atoms with E-state index in [1.54, 1.807) is 0 Å². The third-order valence-electron chi connectivity index (χ3n) is 3.64. The largest absolute Gasteiger partial charge is 0.323 e. The summed E-state index contributed by atoms with van der Waals surface area (Å²) in [6.45, 7) is 3.13. The van der Waals surface area contributed by atoms with Crippen LogP contribution in [0.25, 0.3) is 0 Å². The summed E-state index contributed by atoms with van der Waals surface area (Å²) in [4.78, 5) is 6.89. The Balaban J connectivity index is 2.00. The van der Waals surface area contributed by atoms with Gasteiger partial charge in [0.25, 0.3) is 0 Å². The van der Waals surface area contributed by atoms with Gasteiger partial charge in [0.1, 0.15) is 5.82 Å². The van der Waals surface area contributed by atoms with E-state index in [0.29, 0.717) is 6.04 Å². The van der Waals surface area contributed by atoms with E-state index in [1.165, 1.54) is 16.8 Å². The molecule has 0 aliphatic carbocycles. The van der Waals surface area contributed by atoms with Crippen molar-refractivity contribution in [3.63, 3.8) is 0 Å². The lowest BCUT2D eigenvalue weighted by molar-refractivity contribution is 0.747. The molecule has 0 spiro atoms. The molecule has 0 saturated heterocycles. The summed E-state index contributed by atoms with van der Waals surface area (Å²) in [7, 11) is 1.97. The van der Waals surface area contributed by atoms with Crippen LogP contribution in [-0.4, -0.2) is 18.1 Å². The number of nitrogens with one attached hydrogen (secondary N) is 1. The van der Waals surface area contributed by atoms with Crippen LogP contribution in [-0.2, 0) is 13.0 Å². The second-order valence-corrected chi connectivity index (χ2v) is 5.10. The summed E-state index contributed by atoms with van der Waals surface area (Å²) in [5, 5.41) is 3.19. The molecule has 1 atom stereocenters. The van der Waals surface area contributed by atoms with Crippen LogP contribution >= 0.6 is 0 Å². The Morgan fingerprint density at radius 1 is 1.32 bits per heavy atom. The minimum atomic E-state index is 0.467. The maximum absolute atomic E-state index is 4.55. The Labute approximate surface area is 114 Å². The smallest absolute Gasteiger partial charge is 0.133 e. The fraction of sp³-hybridized carbons (Fsp3) is 0.312. The van der Waals surface area contributed by atoms with Crippen LogP contribution in [0.3, 0.4) is 0 Å². The molecular formula is C16H19N3. The SMILES string of the molecule is CNCc1ccnc(N2c3ccccc3CC2C)c1. The van der Waals surface area contributed by atoms with Crippen LogP contribution in [0.5, 0.6) is 0 Å². The molecule has 3 nitrogen and oxygen atoms in total. The highest BCUT2D eigenvalue weighted by Gasteiger charge is 2.27. The van der Waals surface area contributed by atoms with Gasteiger partial charge < -0.3 is 10.2 Å². The first-order chi connectivity index (χ1) is 9.29. The first-order valence-corrected chi connectivity index (χ1v) is 6.76. The number of hydrogen-bond donors (Lipinski definition) is 1. The van der Waals surface area contributed by atoms with Crippen molar-refractivity contribution in [1.29, 1.82) is 0 Å². The van der Waals surface area contributed by atoms with Gasteiger partial charge in [-0.25, -0.2) is 4.98 Å². The molecule has 0 fully saturated rings. The Bertz CT molecular complexity index is 580. The van der Waals surface area contributed by atoms with Crippen molar-refractivity contribution in [3.05, 3.63) is 53.7 Å². The monoisotopic (exact) mass is 253 g/mol. The number of benzene rings is 1. The Kier molecular flexibility index (Phi) is 3.22. The summed E-state index contributed by atoms with van der Waals surface area (Å²) >= 11 is 0. The van der Waals surface area contributed by atoms with Gasteiger partial charge >= 0.3 is 0 Å². The highest BCUT2D eigenvalue weighted by atomic mass is 15.2. The summed E-state index contributed by atoms with van der Waals surface area (Å²) in [6, 6.07) is 13.3. The summed E-state index contributed by atoms with van der Waals surface area (Å²) in [5.41, 5.74) is 3.98. The van der Waals surface area contributed by atoms with E-state index in [4.69, 9.17) is 0 Å². The van der Waals surface area contributed by atoms with Crippen LogP contribution < -0.4 is 10.2 Å². The summed E-state index contributed by atoms with van der Waals surface area (Å²) in [5.74, 6) is 1.05. The van der Waals surface area contributed by atoms with Crippen molar-refractivity contribution in [2.75, 3.05) is 11.9 Å². The predicted molar refractivity (Wildman–Crippen MR) is 78.7 cm³/mol. The fourth-order valence-electron chi connectivity index (χ4n) is 2.82. The molecule has 1 aromatic carbocycles. The number of hydrogen-bond acceptors (Lipinski definition) is 3. The molecule has 3 heteroatoms. The van der Waals surface area contributed by atoms with Gasteiger partial charge in [0.2, 0.25) is 0 Å². The first-order valence-electron chi connectivity index (χ1n) is 6.76. The van der Waals surface area contributed by atoms with Gasteiger partial charge in [0.15, 0.2) is 0 Å². The standard InChI is InChI=1S/C16H19N3/c1-12-9-14-5-3-4-6-15(14)19(12)16-10-13(11-17-2)7-8-18-16/h3-8,10,12,17H,9,11H2,1-2H3. The van der Waals surface area contributed by atoms with Gasteiger partial charge in [-0.2, -0.15) is 0 Å². The van der Waals surface area contributed by atoms with Crippen LogP contribution in [0.15, 0.2) is 42.6 Å². The van der Waals surface area contributed by atoms with Crippen molar-refractivity contribution < 1.29 is 0 Å². The van der Waals surface area contributed by atoms with Gasteiger partial charge in [0, 0.05) is 24.5 Å². The average Bonchev–Trinajstić information content (AvgIpc) is 2.75. The van der Waals surface area contributed by atoms with E-state index in [1.807, 2.05) is 13.2 Å². The van der Waals surface area contributed by atoms with Gasteiger partial charge in [-0.3, -0.25) is 0 Å². The van der Waals surface area contributed by atoms with E-state index in [0.717, 1.165) is 18.8 Å². The molecule has 19 heavy (non-hydrogen) atoms. The number of nitrogens with zero attached hydrogens (tertiary/aromatic N) is 2. The third kappa shape index (κ3) is 2.22. The number of pyridine rings is 1. The molecule has 0 amide bonds. The first kappa shape index (κ1) is 12.2. The van der Waals surface area contributed by atoms with Gasteiger partial charge in [-0.1, -0.05) is 18.2 Å².